The Bertz CT molecular complexity index is 1150. The van der Waals surface area contributed by atoms with E-state index in [0.29, 0.717) is 35.3 Å². The molecule has 0 atom stereocenters. The Morgan fingerprint density at radius 3 is 2.67 bits per heavy atom. The Morgan fingerprint density at radius 1 is 1.13 bits per heavy atom. The van der Waals surface area contributed by atoms with E-state index in [-0.39, 0.29) is 12.3 Å². The molecular weight excluding hydrogens is 400 g/mol. The van der Waals surface area contributed by atoms with Gasteiger partial charge >= 0.3 is 0 Å². The van der Waals surface area contributed by atoms with Crippen molar-refractivity contribution in [2.45, 2.75) is 20.3 Å². The van der Waals surface area contributed by atoms with E-state index in [1.165, 1.54) is 11.3 Å². The Hall–Kier alpha value is -3.52. The summed E-state index contributed by atoms with van der Waals surface area (Å²) in [5.41, 5.74) is 3.04. The minimum atomic E-state index is -0.161. The number of nitrogens with zero attached hydrogens (tertiary/aromatic N) is 3. The number of para-hydroxylation sites is 1. The molecule has 4 aromatic rings. The summed E-state index contributed by atoms with van der Waals surface area (Å²) in [5.74, 6) is 1.57. The molecule has 0 aliphatic heterocycles. The van der Waals surface area contributed by atoms with E-state index in [1.54, 1.807) is 6.92 Å². The molecule has 7 nitrogen and oxygen atoms in total. The number of carbonyl (C=O) groups excluding carboxylic acids is 1. The summed E-state index contributed by atoms with van der Waals surface area (Å²) in [6, 6.07) is 15.1. The lowest BCUT2D eigenvalue weighted by Crippen LogP contribution is -2.15. The zero-order chi connectivity index (χ0) is 20.9. The number of hydrogen-bond acceptors (Lipinski definition) is 7. The molecule has 0 aliphatic rings. The molecule has 152 valence electrons. The average molecular weight is 420 g/mol. The lowest BCUT2D eigenvalue weighted by atomic mass is 10.1. The molecule has 2 heterocycles. The zero-order valence-electron chi connectivity index (χ0n) is 16.6. The van der Waals surface area contributed by atoms with Crippen LogP contribution in [-0.2, 0) is 11.2 Å². The molecule has 0 fully saturated rings. The van der Waals surface area contributed by atoms with Crippen molar-refractivity contribution in [2.24, 2.45) is 0 Å². The number of hydrogen-bond donors (Lipinski definition) is 1. The lowest BCUT2D eigenvalue weighted by molar-refractivity contribution is -0.115. The van der Waals surface area contributed by atoms with Crippen LogP contribution in [0.15, 0.2) is 58.4 Å². The molecule has 8 heteroatoms. The fourth-order valence-corrected chi connectivity index (χ4v) is 3.76. The predicted molar refractivity (Wildman–Crippen MR) is 116 cm³/mol. The highest BCUT2D eigenvalue weighted by atomic mass is 32.1. The second kappa shape index (κ2) is 8.87. The van der Waals surface area contributed by atoms with E-state index in [0.717, 1.165) is 16.3 Å². The van der Waals surface area contributed by atoms with Gasteiger partial charge in [0.25, 0.3) is 0 Å². The fraction of sp³-hybridized carbons (Fsp3) is 0.182. The summed E-state index contributed by atoms with van der Waals surface area (Å²) in [6.07, 6.45) is 0.174. The smallest absolute Gasteiger partial charge is 0.230 e. The third-order valence-electron chi connectivity index (χ3n) is 4.28. The van der Waals surface area contributed by atoms with Gasteiger partial charge in [-0.1, -0.05) is 17.3 Å². The highest BCUT2D eigenvalue weighted by molar-refractivity contribution is 7.13. The number of aryl methyl sites for hydroxylation is 1. The van der Waals surface area contributed by atoms with Gasteiger partial charge in [0.05, 0.1) is 24.4 Å². The van der Waals surface area contributed by atoms with Gasteiger partial charge in [0.15, 0.2) is 0 Å². The maximum Gasteiger partial charge on any atom is 0.230 e. The highest BCUT2D eigenvalue weighted by Crippen LogP contribution is 2.27. The number of rotatable bonds is 7. The minimum Gasteiger partial charge on any atom is -0.494 e. The predicted octanol–water partition coefficient (Wildman–Crippen LogP) is 4.75. The van der Waals surface area contributed by atoms with E-state index in [1.807, 2.05) is 60.8 Å². The van der Waals surface area contributed by atoms with Crippen molar-refractivity contribution >= 4 is 22.9 Å². The molecule has 1 amide bonds. The van der Waals surface area contributed by atoms with Crippen molar-refractivity contribution in [2.75, 3.05) is 11.9 Å². The van der Waals surface area contributed by atoms with Crippen LogP contribution in [0, 0.1) is 6.92 Å². The molecule has 0 bridgehead atoms. The summed E-state index contributed by atoms with van der Waals surface area (Å²) < 4.78 is 10.5. The molecule has 0 saturated carbocycles. The average Bonchev–Trinajstić information content (AvgIpc) is 3.38. The van der Waals surface area contributed by atoms with Crippen LogP contribution in [0.2, 0.25) is 0 Å². The zero-order valence-corrected chi connectivity index (χ0v) is 17.4. The highest BCUT2D eigenvalue weighted by Gasteiger charge is 2.14. The summed E-state index contributed by atoms with van der Waals surface area (Å²) in [7, 11) is 0. The molecule has 30 heavy (non-hydrogen) atoms. The van der Waals surface area contributed by atoms with Crippen molar-refractivity contribution in [3.8, 4) is 27.7 Å². The molecule has 0 spiro atoms. The molecule has 0 radical (unpaired) electrons. The topological polar surface area (TPSA) is 90.1 Å². The summed E-state index contributed by atoms with van der Waals surface area (Å²) >= 11 is 1.51. The van der Waals surface area contributed by atoms with E-state index in [2.05, 4.69) is 20.4 Å². The fourth-order valence-electron chi connectivity index (χ4n) is 2.94. The molecular formula is C22H20N4O3S. The Balaban J connectivity index is 1.44. The Labute approximate surface area is 177 Å². The molecule has 4 rings (SSSR count). The largest absolute Gasteiger partial charge is 0.494 e. The lowest BCUT2D eigenvalue weighted by Gasteiger charge is -2.08. The van der Waals surface area contributed by atoms with Gasteiger partial charge in [0, 0.05) is 23.4 Å². The summed E-state index contributed by atoms with van der Waals surface area (Å²) in [4.78, 5) is 21.4. The van der Waals surface area contributed by atoms with Crippen molar-refractivity contribution < 1.29 is 14.1 Å². The maximum absolute atomic E-state index is 12.6. The van der Waals surface area contributed by atoms with Gasteiger partial charge in [-0.3, -0.25) is 4.79 Å². The number of anilines is 1. The van der Waals surface area contributed by atoms with Crippen molar-refractivity contribution in [1.29, 1.82) is 0 Å². The Kier molecular flexibility index (Phi) is 5.85. The van der Waals surface area contributed by atoms with Crippen LogP contribution >= 0.6 is 11.3 Å². The van der Waals surface area contributed by atoms with Gasteiger partial charge in [-0.2, -0.15) is 4.98 Å². The van der Waals surface area contributed by atoms with Crippen molar-refractivity contribution in [3.63, 3.8) is 0 Å². The third-order valence-corrected chi connectivity index (χ3v) is 5.22. The van der Waals surface area contributed by atoms with Gasteiger partial charge in [0.2, 0.25) is 17.6 Å². The Morgan fingerprint density at radius 2 is 1.93 bits per heavy atom. The van der Waals surface area contributed by atoms with Crippen molar-refractivity contribution in [3.05, 3.63) is 65.5 Å². The molecule has 2 aromatic heterocycles. The quantitative estimate of drug-likeness (QED) is 0.464. The number of amides is 1. The number of carbonyl (C=O) groups is 1. The first kappa shape index (κ1) is 19.8. The number of thiazole rings is 1. The third kappa shape index (κ3) is 4.55. The van der Waals surface area contributed by atoms with Crippen LogP contribution in [0.25, 0.3) is 22.0 Å². The second-order valence-electron chi connectivity index (χ2n) is 6.51. The van der Waals surface area contributed by atoms with E-state index >= 15 is 0 Å². The molecule has 1 N–H and O–H groups in total. The van der Waals surface area contributed by atoms with Gasteiger partial charge in [-0.25, -0.2) is 4.98 Å². The first-order chi connectivity index (χ1) is 14.6. The first-order valence-corrected chi connectivity index (χ1v) is 10.4. The number of aromatic nitrogens is 3. The number of nitrogens with one attached hydrogen (secondary N) is 1. The second-order valence-corrected chi connectivity index (χ2v) is 7.37. The SMILES string of the molecule is CCOc1ccc(-c2nc(CC(=O)Nc3ccccc3-c3noc(C)n3)cs2)cc1. The summed E-state index contributed by atoms with van der Waals surface area (Å²) in [6.45, 7) is 4.31. The normalized spacial score (nSPS) is 10.7. The summed E-state index contributed by atoms with van der Waals surface area (Å²) in [5, 5.41) is 9.63. The van der Waals surface area contributed by atoms with Crippen LogP contribution in [0.3, 0.4) is 0 Å². The monoisotopic (exact) mass is 420 g/mol. The standard InChI is InChI=1S/C22H20N4O3S/c1-3-28-17-10-8-15(9-11-17)22-24-16(13-30-22)12-20(27)25-19-7-5-4-6-18(19)21-23-14(2)29-26-21/h4-11,13H,3,12H2,1-2H3,(H,25,27). The molecule has 2 aromatic carbocycles. The van der Waals surface area contributed by atoms with Crippen LogP contribution in [-0.4, -0.2) is 27.6 Å². The van der Waals surface area contributed by atoms with Gasteiger partial charge in [-0.05, 0) is 43.3 Å². The van der Waals surface area contributed by atoms with Crippen LogP contribution in [0.5, 0.6) is 5.75 Å². The van der Waals surface area contributed by atoms with E-state index in [9.17, 15) is 4.79 Å². The van der Waals surface area contributed by atoms with Crippen molar-refractivity contribution in [1.82, 2.24) is 15.1 Å². The van der Waals surface area contributed by atoms with Gasteiger partial charge in [0.1, 0.15) is 10.8 Å². The number of benzene rings is 2. The molecule has 0 saturated heterocycles. The van der Waals surface area contributed by atoms with E-state index in [4.69, 9.17) is 9.26 Å². The van der Waals surface area contributed by atoms with Crippen LogP contribution in [0.1, 0.15) is 18.5 Å². The van der Waals surface area contributed by atoms with Gasteiger partial charge < -0.3 is 14.6 Å². The van der Waals surface area contributed by atoms with Gasteiger partial charge in [-0.15, -0.1) is 11.3 Å². The maximum atomic E-state index is 12.6. The minimum absolute atomic E-state index is 0.161. The van der Waals surface area contributed by atoms with Crippen LogP contribution < -0.4 is 10.1 Å². The van der Waals surface area contributed by atoms with Crippen LogP contribution in [0.4, 0.5) is 5.69 Å². The number of ether oxygens (including phenoxy) is 1. The first-order valence-electron chi connectivity index (χ1n) is 9.49. The van der Waals surface area contributed by atoms with E-state index < -0.39 is 0 Å². The molecule has 0 unspecified atom stereocenters. The molecule has 0 aliphatic carbocycles.